The van der Waals surface area contributed by atoms with Crippen LogP contribution in [0.25, 0.3) is 0 Å². The molecule has 0 aliphatic carbocycles. The number of anilines is 2. The van der Waals surface area contributed by atoms with E-state index in [1.165, 1.54) is 29.9 Å². The Labute approximate surface area is 185 Å². The number of hydrogen-bond acceptors (Lipinski definition) is 5. The van der Waals surface area contributed by atoms with Crippen LogP contribution >= 0.6 is 0 Å². The van der Waals surface area contributed by atoms with E-state index >= 15 is 0 Å². The first-order valence-electron chi connectivity index (χ1n) is 10.5. The molecule has 0 spiro atoms. The van der Waals surface area contributed by atoms with Crippen molar-refractivity contribution in [1.29, 1.82) is 0 Å². The van der Waals surface area contributed by atoms with Crippen molar-refractivity contribution in [2.45, 2.75) is 26.3 Å². The van der Waals surface area contributed by atoms with Gasteiger partial charge in [0.1, 0.15) is 5.75 Å². The van der Waals surface area contributed by atoms with Crippen LogP contribution in [0.3, 0.4) is 0 Å². The SMILES string of the molecule is C[C@H]1CCCN(c2ccc(CNC(=O)COc3ccc(N(C)S(C)(=O)=O)cc3)cc2)C1. The van der Waals surface area contributed by atoms with Gasteiger partial charge in [-0.2, -0.15) is 0 Å². The minimum absolute atomic E-state index is 0.106. The van der Waals surface area contributed by atoms with Gasteiger partial charge in [0.2, 0.25) is 10.0 Å². The molecule has 7 nitrogen and oxygen atoms in total. The summed E-state index contributed by atoms with van der Waals surface area (Å²) in [7, 11) is -1.83. The summed E-state index contributed by atoms with van der Waals surface area (Å²) in [6.07, 6.45) is 3.67. The van der Waals surface area contributed by atoms with Gasteiger partial charge in [-0.15, -0.1) is 0 Å². The molecule has 1 saturated heterocycles. The summed E-state index contributed by atoms with van der Waals surface area (Å²) in [6, 6.07) is 14.9. The highest BCUT2D eigenvalue weighted by atomic mass is 32.2. The highest BCUT2D eigenvalue weighted by Gasteiger charge is 2.16. The molecule has 0 radical (unpaired) electrons. The Morgan fingerprint density at radius 3 is 2.45 bits per heavy atom. The van der Waals surface area contributed by atoms with Crippen molar-refractivity contribution in [3.8, 4) is 5.75 Å². The predicted molar refractivity (Wildman–Crippen MR) is 124 cm³/mol. The molecule has 1 atom stereocenters. The second kappa shape index (κ2) is 10.0. The molecule has 0 saturated carbocycles. The number of hydrogen-bond donors (Lipinski definition) is 1. The van der Waals surface area contributed by atoms with Crippen LogP contribution in [0.5, 0.6) is 5.75 Å². The number of rotatable bonds is 8. The van der Waals surface area contributed by atoms with Crippen molar-refractivity contribution < 1.29 is 17.9 Å². The molecule has 31 heavy (non-hydrogen) atoms. The molecule has 168 valence electrons. The first-order valence-corrected chi connectivity index (χ1v) is 12.3. The van der Waals surface area contributed by atoms with Crippen LogP contribution < -0.4 is 19.3 Å². The summed E-state index contributed by atoms with van der Waals surface area (Å²) >= 11 is 0. The van der Waals surface area contributed by atoms with Crippen molar-refractivity contribution >= 4 is 27.3 Å². The molecule has 1 amide bonds. The predicted octanol–water partition coefficient (Wildman–Crippen LogP) is 3.01. The summed E-state index contributed by atoms with van der Waals surface area (Å²) in [6.45, 7) is 4.82. The lowest BCUT2D eigenvalue weighted by Gasteiger charge is -2.32. The van der Waals surface area contributed by atoms with Crippen LogP contribution in [0.4, 0.5) is 11.4 Å². The summed E-state index contributed by atoms with van der Waals surface area (Å²) < 4.78 is 29.8. The van der Waals surface area contributed by atoms with Crippen LogP contribution in [0.1, 0.15) is 25.3 Å². The first-order chi connectivity index (χ1) is 14.7. The number of ether oxygens (including phenoxy) is 1. The number of carbonyl (C=O) groups excluding carboxylic acids is 1. The van der Waals surface area contributed by atoms with Crippen LogP contribution in [0, 0.1) is 5.92 Å². The molecule has 8 heteroatoms. The molecule has 3 rings (SSSR count). The number of benzene rings is 2. The van der Waals surface area contributed by atoms with Gasteiger partial charge in [0, 0.05) is 32.4 Å². The average molecular weight is 446 g/mol. The maximum absolute atomic E-state index is 12.1. The van der Waals surface area contributed by atoms with E-state index < -0.39 is 10.0 Å². The normalized spacial score (nSPS) is 16.6. The summed E-state index contributed by atoms with van der Waals surface area (Å²) in [5.74, 6) is 1.01. The summed E-state index contributed by atoms with van der Waals surface area (Å²) in [5.41, 5.74) is 2.80. The van der Waals surface area contributed by atoms with Crippen LogP contribution in [-0.2, 0) is 21.4 Å². The van der Waals surface area contributed by atoms with Gasteiger partial charge in [-0.3, -0.25) is 9.10 Å². The number of nitrogens with one attached hydrogen (secondary N) is 1. The van der Waals surface area contributed by atoms with Gasteiger partial charge in [-0.25, -0.2) is 8.42 Å². The van der Waals surface area contributed by atoms with E-state index in [1.54, 1.807) is 24.3 Å². The Balaban J connectivity index is 1.44. The van der Waals surface area contributed by atoms with E-state index in [4.69, 9.17) is 4.74 Å². The van der Waals surface area contributed by atoms with Gasteiger partial charge < -0.3 is 15.0 Å². The van der Waals surface area contributed by atoms with Gasteiger partial charge in [0.25, 0.3) is 5.91 Å². The van der Waals surface area contributed by atoms with Crippen LogP contribution in [0.15, 0.2) is 48.5 Å². The zero-order valence-electron chi connectivity index (χ0n) is 18.4. The third-order valence-electron chi connectivity index (χ3n) is 5.52. The first kappa shape index (κ1) is 22.9. The molecule has 1 aliphatic rings. The molecule has 1 heterocycles. The third kappa shape index (κ3) is 6.62. The fourth-order valence-corrected chi connectivity index (χ4v) is 4.10. The van der Waals surface area contributed by atoms with Gasteiger partial charge in [-0.05, 0) is 60.7 Å². The largest absolute Gasteiger partial charge is 0.484 e. The number of piperidine rings is 1. The van der Waals surface area contributed by atoms with E-state index in [9.17, 15) is 13.2 Å². The van der Waals surface area contributed by atoms with E-state index in [2.05, 4.69) is 29.3 Å². The summed E-state index contributed by atoms with van der Waals surface area (Å²) in [4.78, 5) is 14.5. The van der Waals surface area contributed by atoms with Crippen molar-refractivity contribution in [3.63, 3.8) is 0 Å². The molecule has 0 unspecified atom stereocenters. The lowest BCUT2D eigenvalue weighted by Crippen LogP contribution is -2.34. The third-order valence-corrected chi connectivity index (χ3v) is 6.72. The number of nitrogens with zero attached hydrogens (tertiary/aromatic N) is 2. The second-order valence-corrected chi connectivity index (χ2v) is 10.2. The van der Waals surface area contributed by atoms with Gasteiger partial charge in [-0.1, -0.05) is 19.1 Å². The van der Waals surface area contributed by atoms with Crippen molar-refractivity contribution in [2.24, 2.45) is 5.92 Å². The fraction of sp³-hybridized carbons (Fsp3) is 0.435. The Bertz CT molecular complexity index is 975. The Hall–Kier alpha value is -2.74. The minimum Gasteiger partial charge on any atom is -0.484 e. The highest BCUT2D eigenvalue weighted by Crippen LogP contribution is 2.23. The lowest BCUT2D eigenvalue weighted by atomic mass is 9.99. The Morgan fingerprint density at radius 2 is 1.84 bits per heavy atom. The minimum atomic E-state index is -3.31. The molecule has 0 bridgehead atoms. The van der Waals surface area contributed by atoms with Crippen molar-refractivity contribution in [3.05, 3.63) is 54.1 Å². The standard InChI is InChI=1S/C23H31N3O4S/c1-18-5-4-14-26(16-18)21-8-6-19(7-9-21)15-24-23(27)17-30-22-12-10-20(11-13-22)25(2)31(3,28)29/h6-13,18H,4-5,14-17H2,1-3H3,(H,24,27)/t18-/m0/s1. The van der Waals surface area contributed by atoms with Crippen LogP contribution in [-0.4, -0.2) is 47.3 Å². The molecule has 2 aromatic carbocycles. The molecule has 1 N–H and O–H groups in total. The fourth-order valence-electron chi connectivity index (χ4n) is 3.59. The second-order valence-electron chi connectivity index (χ2n) is 8.15. The topological polar surface area (TPSA) is 79.0 Å². The van der Waals surface area contributed by atoms with Gasteiger partial charge >= 0.3 is 0 Å². The molecular weight excluding hydrogens is 414 g/mol. The van der Waals surface area contributed by atoms with Crippen LogP contribution in [0.2, 0.25) is 0 Å². The van der Waals surface area contributed by atoms with Gasteiger partial charge in [0.15, 0.2) is 6.61 Å². The molecule has 2 aromatic rings. The van der Waals surface area contributed by atoms with E-state index in [0.29, 0.717) is 18.0 Å². The van der Waals surface area contributed by atoms with Gasteiger partial charge in [0.05, 0.1) is 11.9 Å². The maximum Gasteiger partial charge on any atom is 0.258 e. The van der Waals surface area contributed by atoms with E-state index in [1.807, 2.05) is 12.1 Å². The maximum atomic E-state index is 12.1. The quantitative estimate of drug-likeness (QED) is 0.676. The van der Waals surface area contributed by atoms with E-state index in [0.717, 1.165) is 30.8 Å². The number of carbonyl (C=O) groups is 1. The number of amides is 1. The van der Waals surface area contributed by atoms with Crippen molar-refractivity contribution in [2.75, 3.05) is 42.2 Å². The monoisotopic (exact) mass is 445 g/mol. The Kier molecular flexibility index (Phi) is 7.43. The average Bonchev–Trinajstić information content (AvgIpc) is 2.76. The highest BCUT2D eigenvalue weighted by molar-refractivity contribution is 7.92. The zero-order chi connectivity index (χ0) is 22.4. The Morgan fingerprint density at radius 1 is 1.16 bits per heavy atom. The smallest absolute Gasteiger partial charge is 0.258 e. The zero-order valence-corrected chi connectivity index (χ0v) is 19.2. The van der Waals surface area contributed by atoms with E-state index in [-0.39, 0.29) is 12.5 Å². The molecule has 0 aromatic heterocycles. The van der Waals surface area contributed by atoms with Crippen molar-refractivity contribution in [1.82, 2.24) is 5.32 Å². The molecule has 1 fully saturated rings. The lowest BCUT2D eigenvalue weighted by molar-refractivity contribution is -0.123. The summed E-state index contributed by atoms with van der Waals surface area (Å²) in [5, 5.41) is 2.86. The molecular formula is C23H31N3O4S. The number of sulfonamides is 1. The molecule has 1 aliphatic heterocycles.